The molecule has 3 amide bonds. The average Bonchev–Trinajstić information content (AvgIpc) is 2.99. The van der Waals surface area contributed by atoms with Crippen LogP contribution in [0.15, 0.2) is 42.5 Å². The van der Waals surface area contributed by atoms with Crippen LogP contribution in [0.3, 0.4) is 0 Å². The Kier molecular flexibility index (Phi) is 5.73. The van der Waals surface area contributed by atoms with Crippen molar-refractivity contribution in [1.82, 2.24) is 14.7 Å². The zero-order valence-electron chi connectivity index (χ0n) is 18.6. The molecular formula is C25H31N3O3. The van der Waals surface area contributed by atoms with Crippen molar-refractivity contribution in [3.8, 4) is 0 Å². The van der Waals surface area contributed by atoms with Gasteiger partial charge in [0.2, 0.25) is 11.8 Å². The molecule has 2 aliphatic rings. The molecular weight excluding hydrogens is 390 g/mol. The summed E-state index contributed by atoms with van der Waals surface area (Å²) in [5.74, 6) is -0.180. The number of nitrogens with zero attached hydrogens (tertiary/aromatic N) is 3. The summed E-state index contributed by atoms with van der Waals surface area (Å²) in [6.07, 6.45) is 1.02. The molecule has 2 aromatic carbocycles. The van der Waals surface area contributed by atoms with Gasteiger partial charge in [-0.2, -0.15) is 0 Å². The number of hydrogen-bond donors (Lipinski definition) is 0. The predicted octanol–water partition coefficient (Wildman–Crippen LogP) is 3.16. The van der Waals surface area contributed by atoms with Gasteiger partial charge in [-0.3, -0.25) is 14.4 Å². The SMILES string of the molecule is CC(C)(C)N1CC(C(=O)N2CCCN(C(=O)c3cccc4ccccc34)CC2)CC1=O. The van der Waals surface area contributed by atoms with Gasteiger partial charge in [-0.1, -0.05) is 36.4 Å². The van der Waals surface area contributed by atoms with Crippen molar-refractivity contribution in [2.24, 2.45) is 5.92 Å². The zero-order chi connectivity index (χ0) is 22.2. The smallest absolute Gasteiger partial charge is 0.254 e. The molecule has 4 rings (SSSR count). The maximum Gasteiger partial charge on any atom is 0.254 e. The van der Waals surface area contributed by atoms with E-state index in [4.69, 9.17) is 0 Å². The van der Waals surface area contributed by atoms with Crippen molar-refractivity contribution in [3.63, 3.8) is 0 Å². The molecule has 6 nitrogen and oxygen atoms in total. The van der Waals surface area contributed by atoms with Crippen LogP contribution in [0.2, 0.25) is 0 Å². The molecule has 2 saturated heterocycles. The molecule has 2 aliphatic heterocycles. The van der Waals surface area contributed by atoms with Gasteiger partial charge < -0.3 is 14.7 Å². The summed E-state index contributed by atoms with van der Waals surface area (Å²) in [5, 5.41) is 2.01. The number of amides is 3. The van der Waals surface area contributed by atoms with E-state index >= 15 is 0 Å². The lowest BCUT2D eigenvalue weighted by Crippen LogP contribution is -2.44. The molecule has 2 fully saturated rings. The molecule has 0 saturated carbocycles. The first kappa shape index (κ1) is 21.3. The zero-order valence-corrected chi connectivity index (χ0v) is 18.6. The molecule has 1 unspecified atom stereocenters. The van der Waals surface area contributed by atoms with Gasteiger partial charge in [0.05, 0.1) is 5.92 Å². The first-order chi connectivity index (χ1) is 14.8. The summed E-state index contributed by atoms with van der Waals surface area (Å²) in [4.78, 5) is 44.3. The van der Waals surface area contributed by atoms with Gasteiger partial charge in [0.25, 0.3) is 5.91 Å². The van der Waals surface area contributed by atoms with Crippen LogP contribution in [0.25, 0.3) is 10.8 Å². The van der Waals surface area contributed by atoms with Crippen molar-refractivity contribution in [2.45, 2.75) is 39.2 Å². The van der Waals surface area contributed by atoms with Crippen LogP contribution in [0.1, 0.15) is 44.0 Å². The molecule has 0 radical (unpaired) electrons. The van der Waals surface area contributed by atoms with Gasteiger partial charge in [0.15, 0.2) is 0 Å². The van der Waals surface area contributed by atoms with E-state index in [1.807, 2.05) is 77.9 Å². The third kappa shape index (κ3) is 4.29. The number of rotatable bonds is 2. The number of carbonyl (C=O) groups excluding carboxylic acids is 3. The number of hydrogen-bond acceptors (Lipinski definition) is 3. The molecule has 2 heterocycles. The highest BCUT2D eigenvalue weighted by molar-refractivity contribution is 6.07. The van der Waals surface area contributed by atoms with E-state index in [9.17, 15) is 14.4 Å². The first-order valence-electron chi connectivity index (χ1n) is 11.1. The standard InChI is InChI=1S/C25H31N3O3/c1-25(2,3)28-17-19(16-22(28)29)23(30)26-12-7-13-27(15-14-26)24(31)21-11-6-9-18-8-4-5-10-20(18)21/h4-6,8-11,19H,7,12-17H2,1-3H3. The van der Waals surface area contributed by atoms with E-state index in [-0.39, 0.29) is 35.6 Å². The maximum atomic E-state index is 13.3. The Balaban J connectivity index is 1.43. The monoisotopic (exact) mass is 421 g/mol. The van der Waals surface area contributed by atoms with Crippen LogP contribution >= 0.6 is 0 Å². The molecule has 1 atom stereocenters. The van der Waals surface area contributed by atoms with E-state index in [1.54, 1.807) is 0 Å². The van der Waals surface area contributed by atoms with E-state index in [1.165, 1.54) is 0 Å². The minimum absolute atomic E-state index is 0.0149. The second kappa shape index (κ2) is 8.33. The number of fused-ring (bicyclic) bond motifs is 1. The van der Waals surface area contributed by atoms with Gasteiger partial charge in [-0.25, -0.2) is 0 Å². The molecule has 0 spiro atoms. The van der Waals surface area contributed by atoms with Gasteiger partial charge in [0, 0.05) is 50.2 Å². The van der Waals surface area contributed by atoms with Gasteiger partial charge >= 0.3 is 0 Å². The quantitative estimate of drug-likeness (QED) is 0.748. The highest BCUT2D eigenvalue weighted by Gasteiger charge is 2.41. The Bertz CT molecular complexity index is 1010. The summed E-state index contributed by atoms with van der Waals surface area (Å²) in [5.41, 5.74) is 0.437. The fraction of sp³-hybridized carbons (Fsp3) is 0.480. The largest absolute Gasteiger partial charge is 0.341 e. The van der Waals surface area contributed by atoms with Gasteiger partial charge in [-0.15, -0.1) is 0 Å². The summed E-state index contributed by atoms with van der Waals surface area (Å²) in [6, 6.07) is 13.7. The minimum atomic E-state index is -0.285. The Morgan fingerprint density at radius 1 is 0.903 bits per heavy atom. The molecule has 0 bridgehead atoms. The summed E-state index contributed by atoms with van der Waals surface area (Å²) in [7, 11) is 0. The van der Waals surface area contributed by atoms with Crippen molar-refractivity contribution in [1.29, 1.82) is 0 Å². The molecule has 164 valence electrons. The van der Waals surface area contributed by atoms with Crippen molar-refractivity contribution < 1.29 is 14.4 Å². The van der Waals surface area contributed by atoms with Crippen molar-refractivity contribution in [3.05, 3.63) is 48.0 Å². The number of benzene rings is 2. The lowest BCUT2D eigenvalue weighted by atomic mass is 10.0. The lowest BCUT2D eigenvalue weighted by molar-refractivity contribution is -0.135. The molecule has 0 aromatic heterocycles. The lowest BCUT2D eigenvalue weighted by Gasteiger charge is -2.32. The van der Waals surface area contributed by atoms with Gasteiger partial charge in [-0.05, 0) is 44.0 Å². The van der Waals surface area contributed by atoms with E-state index < -0.39 is 0 Å². The van der Waals surface area contributed by atoms with Crippen LogP contribution in [0, 0.1) is 5.92 Å². The van der Waals surface area contributed by atoms with E-state index in [0.29, 0.717) is 38.3 Å². The Hall–Kier alpha value is -2.89. The maximum absolute atomic E-state index is 13.3. The molecule has 0 N–H and O–H groups in total. The van der Waals surface area contributed by atoms with E-state index in [0.717, 1.165) is 17.2 Å². The highest BCUT2D eigenvalue weighted by atomic mass is 16.2. The summed E-state index contributed by atoms with van der Waals surface area (Å²) in [6.45, 7) is 8.76. The third-order valence-corrected chi connectivity index (χ3v) is 6.40. The topological polar surface area (TPSA) is 60.9 Å². The number of likely N-dealkylation sites (tertiary alicyclic amines) is 1. The minimum Gasteiger partial charge on any atom is -0.341 e. The van der Waals surface area contributed by atoms with Crippen LogP contribution in [-0.4, -0.2) is 70.7 Å². The fourth-order valence-corrected chi connectivity index (χ4v) is 4.70. The third-order valence-electron chi connectivity index (χ3n) is 6.40. The fourth-order valence-electron chi connectivity index (χ4n) is 4.70. The summed E-state index contributed by atoms with van der Waals surface area (Å²) >= 11 is 0. The highest BCUT2D eigenvalue weighted by Crippen LogP contribution is 2.27. The number of carbonyl (C=O) groups is 3. The van der Waals surface area contributed by atoms with Crippen molar-refractivity contribution >= 4 is 28.5 Å². The normalized spacial score (nSPS) is 20.3. The van der Waals surface area contributed by atoms with Crippen LogP contribution in [-0.2, 0) is 9.59 Å². The first-order valence-corrected chi connectivity index (χ1v) is 11.1. The van der Waals surface area contributed by atoms with Crippen LogP contribution < -0.4 is 0 Å². The molecule has 2 aromatic rings. The molecule has 6 heteroatoms. The predicted molar refractivity (Wildman–Crippen MR) is 121 cm³/mol. The van der Waals surface area contributed by atoms with Crippen molar-refractivity contribution in [2.75, 3.05) is 32.7 Å². The van der Waals surface area contributed by atoms with Crippen LogP contribution in [0.4, 0.5) is 0 Å². The van der Waals surface area contributed by atoms with E-state index in [2.05, 4.69) is 0 Å². The Morgan fingerprint density at radius 3 is 2.32 bits per heavy atom. The Labute approximate surface area is 183 Å². The molecule has 31 heavy (non-hydrogen) atoms. The van der Waals surface area contributed by atoms with Gasteiger partial charge in [0.1, 0.15) is 0 Å². The average molecular weight is 422 g/mol. The van der Waals surface area contributed by atoms with Crippen LogP contribution in [0.5, 0.6) is 0 Å². The second-order valence-electron chi connectivity index (χ2n) is 9.57. The summed E-state index contributed by atoms with van der Waals surface area (Å²) < 4.78 is 0. The second-order valence-corrected chi connectivity index (χ2v) is 9.57. The molecule has 0 aliphatic carbocycles. The Morgan fingerprint density at radius 2 is 1.58 bits per heavy atom.